The lowest BCUT2D eigenvalue weighted by Crippen LogP contribution is -2.02. The number of fused-ring (bicyclic) bond motifs is 1. The lowest BCUT2D eigenvalue weighted by atomic mass is 10.2. The molecule has 0 radical (unpaired) electrons. The largest absolute Gasteiger partial charge is 0.497 e. The van der Waals surface area contributed by atoms with Crippen molar-refractivity contribution in [1.29, 1.82) is 0 Å². The maximum atomic E-state index is 10.9. The van der Waals surface area contributed by atoms with Crippen LogP contribution in [0.3, 0.4) is 0 Å². The van der Waals surface area contributed by atoms with Gasteiger partial charge in [-0.2, -0.15) is 5.10 Å². The van der Waals surface area contributed by atoms with Crippen LogP contribution in [0.4, 0.5) is 0 Å². The average molecular weight is 218 g/mol. The van der Waals surface area contributed by atoms with E-state index in [0.29, 0.717) is 5.69 Å². The number of hydrogen-bond acceptors (Lipinski definition) is 3. The Balaban J connectivity index is 2.75. The first-order chi connectivity index (χ1) is 7.67. The van der Waals surface area contributed by atoms with Gasteiger partial charge in [0.25, 0.3) is 0 Å². The third-order valence-electron chi connectivity index (χ3n) is 2.54. The summed E-state index contributed by atoms with van der Waals surface area (Å²) < 4.78 is 7.01. The predicted molar refractivity (Wildman–Crippen MR) is 62.1 cm³/mol. The molecule has 0 amide bonds. The Morgan fingerprint density at radius 3 is 2.75 bits per heavy atom. The van der Waals surface area contributed by atoms with Crippen molar-refractivity contribution in [2.24, 2.45) is 0 Å². The first-order valence-corrected chi connectivity index (χ1v) is 5.18. The zero-order valence-electron chi connectivity index (χ0n) is 9.60. The van der Waals surface area contributed by atoms with Gasteiger partial charge in [0.1, 0.15) is 11.4 Å². The number of aldehydes is 1. The highest BCUT2D eigenvalue weighted by molar-refractivity contribution is 5.95. The molecule has 1 aromatic carbocycles. The van der Waals surface area contributed by atoms with Crippen molar-refractivity contribution in [3.8, 4) is 5.75 Å². The zero-order valence-corrected chi connectivity index (χ0v) is 9.60. The Morgan fingerprint density at radius 1 is 1.44 bits per heavy atom. The monoisotopic (exact) mass is 218 g/mol. The topological polar surface area (TPSA) is 44.1 Å². The van der Waals surface area contributed by atoms with E-state index in [1.807, 2.05) is 36.7 Å². The van der Waals surface area contributed by atoms with Crippen molar-refractivity contribution in [2.45, 2.75) is 19.9 Å². The summed E-state index contributed by atoms with van der Waals surface area (Å²) in [6.07, 6.45) is 0.785. The van der Waals surface area contributed by atoms with Gasteiger partial charge < -0.3 is 4.74 Å². The van der Waals surface area contributed by atoms with E-state index in [2.05, 4.69) is 5.10 Å². The summed E-state index contributed by atoms with van der Waals surface area (Å²) in [4.78, 5) is 10.9. The fourth-order valence-electron chi connectivity index (χ4n) is 1.75. The van der Waals surface area contributed by atoms with E-state index in [-0.39, 0.29) is 6.04 Å². The number of carbonyl (C=O) groups excluding carboxylic acids is 1. The molecule has 4 nitrogen and oxygen atoms in total. The van der Waals surface area contributed by atoms with Crippen LogP contribution in [0, 0.1) is 0 Å². The maximum absolute atomic E-state index is 10.9. The molecule has 1 aromatic heterocycles. The molecule has 0 N–H and O–H groups in total. The van der Waals surface area contributed by atoms with Crippen LogP contribution in [0.5, 0.6) is 5.75 Å². The second-order valence-corrected chi connectivity index (χ2v) is 3.92. The Kier molecular flexibility index (Phi) is 2.64. The molecule has 0 spiro atoms. The Labute approximate surface area is 93.8 Å². The molecule has 4 heteroatoms. The molecule has 0 bridgehead atoms. The van der Waals surface area contributed by atoms with Gasteiger partial charge in [0, 0.05) is 17.5 Å². The third-order valence-corrected chi connectivity index (χ3v) is 2.54. The fourth-order valence-corrected chi connectivity index (χ4v) is 1.75. The first kappa shape index (κ1) is 10.7. The quantitative estimate of drug-likeness (QED) is 0.743. The molecule has 0 atom stereocenters. The van der Waals surface area contributed by atoms with E-state index in [1.54, 1.807) is 7.11 Å². The van der Waals surface area contributed by atoms with Gasteiger partial charge in [-0.25, -0.2) is 0 Å². The Bertz CT molecular complexity index is 529. The summed E-state index contributed by atoms with van der Waals surface area (Å²) in [5.41, 5.74) is 1.41. The van der Waals surface area contributed by atoms with E-state index in [4.69, 9.17) is 4.74 Å². The summed E-state index contributed by atoms with van der Waals surface area (Å²) in [6.45, 7) is 4.06. The number of methoxy groups -OCH3 is 1. The molecule has 1 heterocycles. The summed E-state index contributed by atoms with van der Waals surface area (Å²) in [7, 11) is 1.62. The summed E-state index contributed by atoms with van der Waals surface area (Å²) >= 11 is 0. The van der Waals surface area contributed by atoms with Crippen LogP contribution in [0.2, 0.25) is 0 Å². The molecule has 0 saturated carbocycles. The number of benzene rings is 1. The minimum absolute atomic E-state index is 0.211. The number of ether oxygens (including phenoxy) is 1. The fraction of sp³-hybridized carbons (Fsp3) is 0.333. The SMILES string of the molecule is COc1ccc2c(C=O)nn(C(C)C)c2c1. The molecule has 0 unspecified atom stereocenters. The summed E-state index contributed by atoms with van der Waals surface area (Å²) in [5.74, 6) is 0.770. The average Bonchev–Trinajstić information content (AvgIpc) is 2.66. The van der Waals surface area contributed by atoms with Gasteiger partial charge >= 0.3 is 0 Å². The number of carbonyl (C=O) groups is 1. The molecule has 0 aliphatic rings. The minimum atomic E-state index is 0.211. The van der Waals surface area contributed by atoms with Crippen molar-refractivity contribution in [3.05, 3.63) is 23.9 Å². The minimum Gasteiger partial charge on any atom is -0.497 e. The first-order valence-electron chi connectivity index (χ1n) is 5.18. The van der Waals surface area contributed by atoms with E-state index >= 15 is 0 Å². The van der Waals surface area contributed by atoms with Crippen LogP contribution >= 0.6 is 0 Å². The van der Waals surface area contributed by atoms with Crippen LogP contribution in [-0.2, 0) is 0 Å². The van der Waals surface area contributed by atoms with Gasteiger partial charge in [0.05, 0.1) is 12.6 Å². The molecular weight excluding hydrogens is 204 g/mol. The van der Waals surface area contributed by atoms with Crippen LogP contribution < -0.4 is 4.74 Å². The number of aromatic nitrogens is 2. The highest BCUT2D eigenvalue weighted by atomic mass is 16.5. The summed E-state index contributed by atoms with van der Waals surface area (Å²) in [5, 5.41) is 5.14. The normalized spacial score (nSPS) is 11.0. The van der Waals surface area contributed by atoms with Crippen LogP contribution in [0.15, 0.2) is 18.2 Å². The predicted octanol–water partition coefficient (Wildman–Crippen LogP) is 2.44. The van der Waals surface area contributed by atoms with Gasteiger partial charge in [0.2, 0.25) is 0 Å². The van der Waals surface area contributed by atoms with Gasteiger partial charge in [-0.1, -0.05) is 0 Å². The Hall–Kier alpha value is -1.84. The maximum Gasteiger partial charge on any atom is 0.170 e. The number of nitrogens with zero attached hydrogens (tertiary/aromatic N) is 2. The van der Waals surface area contributed by atoms with Gasteiger partial charge in [0.15, 0.2) is 6.29 Å². The van der Waals surface area contributed by atoms with Gasteiger partial charge in [-0.3, -0.25) is 9.48 Å². The van der Waals surface area contributed by atoms with Crippen LogP contribution in [0.1, 0.15) is 30.4 Å². The summed E-state index contributed by atoms with van der Waals surface area (Å²) in [6, 6.07) is 5.81. The van der Waals surface area contributed by atoms with Crippen molar-refractivity contribution < 1.29 is 9.53 Å². The molecule has 0 fully saturated rings. The zero-order chi connectivity index (χ0) is 11.7. The van der Waals surface area contributed by atoms with Crippen molar-refractivity contribution in [3.63, 3.8) is 0 Å². The van der Waals surface area contributed by atoms with Gasteiger partial charge in [-0.15, -0.1) is 0 Å². The molecule has 0 aliphatic heterocycles. The van der Waals surface area contributed by atoms with E-state index in [0.717, 1.165) is 22.9 Å². The number of hydrogen-bond donors (Lipinski definition) is 0. The highest BCUT2D eigenvalue weighted by Crippen LogP contribution is 2.25. The Morgan fingerprint density at radius 2 is 2.19 bits per heavy atom. The molecule has 84 valence electrons. The molecule has 2 aromatic rings. The van der Waals surface area contributed by atoms with E-state index in [1.165, 1.54) is 0 Å². The lowest BCUT2D eigenvalue weighted by Gasteiger charge is -2.07. The van der Waals surface area contributed by atoms with Crippen molar-refractivity contribution in [1.82, 2.24) is 9.78 Å². The van der Waals surface area contributed by atoms with E-state index in [9.17, 15) is 4.79 Å². The second-order valence-electron chi connectivity index (χ2n) is 3.92. The molecule has 16 heavy (non-hydrogen) atoms. The molecule has 0 saturated heterocycles. The third kappa shape index (κ3) is 1.56. The molecule has 2 rings (SSSR count). The van der Waals surface area contributed by atoms with Gasteiger partial charge in [-0.05, 0) is 26.0 Å². The van der Waals surface area contributed by atoms with Crippen molar-refractivity contribution >= 4 is 17.2 Å². The number of rotatable bonds is 3. The standard InChI is InChI=1S/C12H14N2O2/c1-8(2)14-12-6-9(16-3)4-5-10(12)11(7-15)13-14/h4-8H,1-3H3. The van der Waals surface area contributed by atoms with Crippen molar-refractivity contribution in [2.75, 3.05) is 7.11 Å². The van der Waals surface area contributed by atoms with Crippen LogP contribution in [-0.4, -0.2) is 23.2 Å². The molecular formula is C12H14N2O2. The molecule has 0 aliphatic carbocycles. The highest BCUT2D eigenvalue weighted by Gasteiger charge is 2.12. The van der Waals surface area contributed by atoms with Crippen LogP contribution in [0.25, 0.3) is 10.9 Å². The van der Waals surface area contributed by atoms with E-state index < -0.39 is 0 Å². The lowest BCUT2D eigenvalue weighted by molar-refractivity contribution is 0.111. The second kappa shape index (κ2) is 3.96. The smallest absolute Gasteiger partial charge is 0.170 e.